The van der Waals surface area contributed by atoms with Crippen molar-refractivity contribution in [3.05, 3.63) is 63.7 Å². The van der Waals surface area contributed by atoms with Gasteiger partial charge in [-0.1, -0.05) is 25.1 Å². The van der Waals surface area contributed by atoms with E-state index >= 15 is 0 Å². The monoisotopic (exact) mass is 548 g/mol. The van der Waals surface area contributed by atoms with Crippen molar-refractivity contribution in [2.45, 2.75) is 59.2 Å². The first-order valence-electron chi connectivity index (χ1n) is 12.0. The SMILES string of the molecule is CC[C@H](C(=O)NC(C)(C)C)N(Cc1ccc(OC)cc1)C(=O)CN(c1cc([N+](=O)[O-])ccc1C)S(C)(=O)=O. The van der Waals surface area contributed by atoms with Gasteiger partial charge in [-0.3, -0.25) is 24.0 Å². The Balaban J connectivity index is 2.54. The number of hydrogen-bond donors (Lipinski definition) is 1. The van der Waals surface area contributed by atoms with E-state index in [9.17, 15) is 28.1 Å². The van der Waals surface area contributed by atoms with Gasteiger partial charge in [-0.05, 0) is 57.4 Å². The summed E-state index contributed by atoms with van der Waals surface area (Å²) in [5.74, 6) is -0.388. The number of nitro groups is 1. The van der Waals surface area contributed by atoms with Crippen molar-refractivity contribution in [2.75, 3.05) is 24.2 Å². The van der Waals surface area contributed by atoms with Crippen LogP contribution in [0.25, 0.3) is 0 Å². The molecule has 0 saturated heterocycles. The second-order valence-electron chi connectivity index (χ2n) is 10.0. The lowest BCUT2D eigenvalue weighted by molar-refractivity contribution is -0.384. The third-order valence-electron chi connectivity index (χ3n) is 5.75. The molecule has 0 fully saturated rings. The van der Waals surface area contributed by atoms with E-state index in [-0.39, 0.29) is 30.2 Å². The normalized spacial score (nSPS) is 12.4. The molecule has 208 valence electrons. The fourth-order valence-electron chi connectivity index (χ4n) is 3.87. The molecule has 2 aromatic carbocycles. The van der Waals surface area contributed by atoms with E-state index in [1.165, 1.54) is 24.1 Å². The van der Waals surface area contributed by atoms with Crippen LogP contribution in [0.15, 0.2) is 42.5 Å². The highest BCUT2D eigenvalue weighted by Crippen LogP contribution is 2.28. The molecule has 0 aromatic heterocycles. The zero-order valence-corrected chi connectivity index (χ0v) is 23.7. The molecule has 0 aliphatic heterocycles. The highest BCUT2D eigenvalue weighted by molar-refractivity contribution is 7.92. The molecule has 2 amide bonds. The van der Waals surface area contributed by atoms with Gasteiger partial charge in [0.1, 0.15) is 18.3 Å². The molecule has 1 atom stereocenters. The van der Waals surface area contributed by atoms with Crippen LogP contribution in [-0.4, -0.2) is 61.5 Å². The first-order valence-corrected chi connectivity index (χ1v) is 13.9. The number of methoxy groups -OCH3 is 1. The number of nitrogens with one attached hydrogen (secondary N) is 1. The molecule has 2 rings (SSSR count). The van der Waals surface area contributed by atoms with E-state index in [2.05, 4.69) is 5.32 Å². The number of sulfonamides is 1. The molecule has 1 N–H and O–H groups in total. The second kappa shape index (κ2) is 12.2. The number of non-ortho nitro benzene ring substituents is 1. The molecule has 0 saturated carbocycles. The quantitative estimate of drug-likeness (QED) is 0.335. The molecule has 0 bridgehead atoms. The summed E-state index contributed by atoms with van der Waals surface area (Å²) in [6.45, 7) is 8.22. The third kappa shape index (κ3) is 8.17. The van der Waals surface area contributed by atoms with E-state index in [1.54, 1.807) is 38.1 Å². The zero-order chi connectivity index (χ0) is 28.8. The van der Waals surface area contributed by atoms with E-state index < -0.39 is 39.0 Å². The summed E-state index contributed by atoms with van der Waals surface area (Å²) in [5, 5.41) is 14.2. The van der Waals surface area contributed by atoms with Crippen LogP contribution < -0.4 is 14.4 Å². The molecule has 0 aliphatic carbocycles. The topological polar surface area (TPSA) is 139 Å². The second-order valence-corrected chi connectivity index (χ2v) is 11.9. The van der Waals surface area contributed by atoms with Gasteiger partial charge in [0.15, 0.2) is 0 Å². The number of benzene rings is 2. The van der Waals surface area contributed by atoms with Crippen molar-refractivity contribution in [1.82, 2.24) is 10.2 Å². The van der Waals surface area contributed by atoms with Crippen LogP contribution in [0.3, 0.4) is 0 Å². The lowest BCUT2D eigenvalue weighted by Gasteiger charge is -2.34. The van der Waals surface area contributed by atoms with Crippen LogP contribution in [0, 0.1) is 17.0 Å². The summed E-state index contributed by atoms with van der Waals surface area (Å²) in [7, 11) is -2.50. The molecule has 11 nitrogen and oxygen atoms in total. The summed E-state index contributed by atoms with van der Waals surface area (Å²) >= 11 is 0. The predicted molar refractivity (Wildman–Crippen MR) is 146 cm³/mol. The Morgan fingerprint density at radius 2 is 1.74 bits per heavy atom. The molecule has 0 radical (unpaired) electrons. The van der Waals surface area contributed by atoms with Crippen LogP contribution >= 0.6 is 0 Å². The Kier molecular flexibility index (Phi) is 9.85. The van der Waals surface area contributed by atoms with Gasteiger partial charge in [-0.2, -0.15) is 0 Å². The number of ether oxygens (including phenoxy) is 1. The first kappa shape index (κ1) is 30.6. The summed E-state index contributed by atoms with van der Waals surface area (Å²) in [5.41, 5.74) is 0.300. The zero-order valence-electron chi connectivity index (χ0n) is 22.8. The van der Waals surface area contributed by atoms with E-state index in [0.29, 0.717) is 16.9 Å². The van der Waals surface area contributed by atoms with Crippen LogP contribution in [0.4, 0.5) is 11.4 Å². The van der Waals surface area contributed by atoms with Crippen molar-refractivity contribution in [3.63, 3.8) is 0 Å². The molecular formula is C26H36N4O7S. The predicted octanol–water partition coefficient (Wildman–Crippen LogP) is 3.40. The smallest absolute Gasteiger partial charge is 0.271 e. The van der Waals surface area contributed by atoms with Gasteiger partial charge in [0.25, 0.3) is 5.69 Å². The van der Waals surface area contributed by atoms with Crippen molar-refractivity contribution in [3.8, 4) is 5.75 Å². The van der Waals surface area contributed by atoms with Crippen molar-refractivity contribution < 1.29 is 27.7 Å². The van der Waals surface area contributed by atoms with Gasteiger partial charge < -0.3 is 15.0 Å². The minimum atomic E-state index is -4.03. The number of carbonyl (C=O) groups excluding carboxylic acids is 2. The van der Waals surface area contributed by atoms with Crippen LogP contribution in [0.1, 0.15) is 45.2 Å². The lowest BCUT2D eigenvalue weighted by Crippen LogP contribution is -2.55. The average Bonchev–Trinajstić information content (AvgIpc) is 2.81. The molecule has 2 aromatic rings. The Morgan fingerprint density at radius 1 is 1.13 bits per heavy atom. The average molecular weight is 549 g/mol. The number of rotatable bonds is 11. The Labute approximate surface area is 224 Å². The minimum absolute atomic E-state index is 0.0200. The largest absolute Gasteiger partial charge is 0.497 e. The molecular weight excluding hydrogens is 512 g/mol. The van der Waals surface area contributed by atoms with E-state index in [0.717, 1.165) is 16.6 Å². The van der Waals surface area contributed by atoms with Crippen LogP contribution in [0.5, 0.6) is 5.75 Å². The maximum absolute atomic E-state index is 13.8. The number of carbonyl (C=O) groups is 2. The highest BCUT2D eigenvalue weighted by Gasteiger charge is 2.33. The molecule has 0 spiro atoms. The summed E-state index contributed by atoms with van der Waals surface area (Å²) in [6, 6.07) is 9.89. The molecule has 0 unspecified atom stereocenters. The summed E-state index contributed by atoms with van der Waals surface area (Å²) in [6.07, 6.45) is 1.20. The fraction of sp³-hybridized carbons (Fsp3) is 0.462. The van der Waals surface area contributed by atoms with Gasteiger partial charge in [0, 0.05) is 24.2 Å². The maximum Gasteiger partial charge on any atom is 0.271 e. The van der Waals surface area contributed by atoms with Crippen molar-refractivity contribution in [1.29, 1.82) is 0 Å². The van der Waals surface area contributed by atoms with Gasteiger partial charge in [0.05, 0.1) is 24.0 Å². The van der Waals surface area contributed by atoms with Crippen molar-refractivity contribution >= 4 is 33.2 Å². The number of anilines is 1. The fourth-order valence-corrected chi connectivity index (χ4v) is 4.77. The summed E-state index contributed by atoms with van der Waals surface area (Å²) in [4.78, 5) is 39.1. The lowest BCUT2D eigenvalue weighted by atomic mass is 10.1. The van der Waals surface area contributed by atoms with Gasteiger partial charge in [-0.25, -0.2) is 8.42 Å². The Bertz CT molecular complexity index is 1270. The first-order chi connectivity index (χ1) is 17.6. The summed E-state index contributed by atoms with van der Waals surface area (Å²) < 4.78 is 31.6. The molecule has 38 heavy (non-hydrogen) atoms. The minimum Gasteiger partial charge on any atom is -0.497 e. The van der Waals surface area contributed by atoms with Gasteiger partial charge in [-0.15, -0.1) is 0 Å². The number of amides is 2. The Hall–Kier alpha value is -3.67. The number of hydrogen-bond acceptors (Lipinski definition) is 7. The standard InChI is InChI=1S/C26H36N4O7S/c1-8-22(25(32)27-26(3,4)5)28(16-19-10-13-21(37-6)14-11-19)24(31)17-29(38(7,35)36)23-15-20(30(33)34)12-9-18(23)2/h9-15,22H,8,16-17H2,1-7H3,(H,27,32)/t22-/m1/s1. The van der Waals surface area contributed by atoms with Crippen molar-refractivity contribution in [2.24, 2.45) is 0 Å². The van der Waals surface area contributed by atoms with Crippen LogP contribution in [0.2, 0.25) is 0 Å². The third-order valence-corrected chi connectivity index (χ3v) is 6.87. The number of aryl methyl sites for hydroxylation is 1. The molecule has 0 heterocycles. The van der Waals surface area contributed by atoms with E-state index in [4.69, 9.17) is 4.74 Å². The highest BCUT2D eigenvalue weighted by atomic mass is 32.2. The van der Waals surface area contributed by atoms with Gasteiger partial charge in [0.2, 0.25) is 21.8 Å². The molecule has 0 aliphatic rings. The number of nitrogens with zero attached hydrogens (tertiary/aromatic N) is 3. The maximum atomic E-state index is 13.8. The van der Waals surface area contributed by atoms with Crippen LogP contribution in [-0.2, 0) is 26.2 Å². The van der Waals surface area contributed by atoms with Gasteiger partial charge >= 0.3 is 0 Å². The molecule has 12 heteroatoms. The number of nitro benzene ring substituents is 1. The Morgan fingerprint density at radius 3 is 2.21 bits per heavy atom. The van der Waals surface area contributed by atoms with E-state index in [1.807, 2.05) is 20.8 Å².